The number of likely N-dealkylation sites (N-methyl/N-ethyl adjacent to an activating group) is 1. The lowest BCUT2D eigenvalue weighted by Gasteiger charge is -2.32. The summed E-state index contributed by atoms with van der Waals surface area (Å²) < 4.78 is 11.5. The highest BCUT2D eigenvalue weighted by atomic mass is 16.5. The van der Waals surface area contributed by atoms with Gasteiger partial charge in [-0.3, -0.25) is 4.48 Å². The fourth-order valence-corrected chi connectivity index (χ4v) is 2.52. The van der Waals surface area contributed by atoms with Crippen LogP contribution in [0.3, 0.4) is 0 Å². The maximum absolute atomic E-state index is 10.3. The zero-order chi connectivity index (χ0) is 16.0. The summed E-state index contributed by atoms with van der Waals surface area (Å²) in [5.74, 6) is 1.59. The lowest BCUT2D eigenvalue weighted by Crippen LogP contribution is -2.48. The minimum absolute atomic E-state index is 0.265. The van der Waals surface area contributed by atoms with Gasteiger partial charge in [0.15, 0.2) is 11.4 Å². The molecular formula is C18H24NO3+. The van der Waals surface area contributed by atoms with E-state index in [0.29, 0.717) is 11.0 Å². The monoisotopic (exact) mass is 302 g/mol. The second-order valence-corrected chi connectivity index (χ2v) is 5.82. The lowest BCUT2D eigenvalue weighted by molar-refractivity contribution is 0.0836. The number of para-hydroxylation sites is 3. The molecule has 2 rings (SSSR count). The van der Waals surface area contributed by atoms with Gasteiger partial charge in [-0.1, -0.05) is 30.3 Å². The number of hydrogen-bond donors (Lipinski definition) is 1. The third-order valence-corrected chi connectivity index (χ3v) is 3.59. The summed E-state index contributed by atoms with van der Waals surface area (Å²) in [5, 5.41) is 10.3. The van der Waals surface area contributed by atoms with Crippen molar-refractivity contribution < 1.29 is 14.6 Å². The van der Waals surface area contributed by atoms with Crippen molar-refractivity contribution in [2.45, 2.75) is 6.10 Å². The highest BCUT2D eigenvalue weighted by Crippen LogP contribution is 2.30. The smallest absolute Gasteiger partial charge is 0.179 e. The summed E-state index contributed by atoms with van der Waals surface area (Å²) in [7, 11) is 5.75. The summed E-state index contributed by atoms with van der Waals surface area (Å²) >= 11 is 0. The second kappa shape index (κ2) is 7.29. The van der Waals surface area contributed by atoms with E-state index in [2.05, 4.69) is 0 Å². The van der Waals surface area contributed by atoms with Gasteiger partial charge < -0.3 is 14.6 Å². The molecule has 2 aromatic carbocycles. The Kier molecular flexibility index (Phi) is 5.41. The number of ether oxygens (including phenoxy) is 2. The number of methoxy groups -OCH3 is 1. The average molecular weight is 302 g/mol. The van der Waals surface area contributed by atoms with Gasteiger partial charge in [-0.05, 0) is 18.2 Å². The Balaban J connectivity index is 1.98. The van der Waals surface area contributed by atoms with E-state index in [-0.39, 0.29) is 6.61 Å². The van der Waals surface area contributed by atoms with Gasteiger partial charge in [0.05, 0.1) is 21.2 Å². The van der Waals surface area contributed by atoms with Gasteiger partial charge in [0, 0.05) is 6.07 Å². The van der Waals surface area contributed by atoms with Crippen molar-refractivity contribution in [2.24, 2.45) is 0 Å². The first-order valence-corrected chi connectivity index (χ1v) is 7.35. The summed E-state index contributed by atoms with van der Waals surface area (Å²) in [4.78, 5) is 0. The number of aliphatic hydroxyl groups is 1. The van der Waals surface area contributed by atoms with Crippen molar-refractivity contribution in [3.63, 3.8) is 0 Å². The van der Waals surface area contributed by atoms with Crippen LogP contribution >= 0.6 is 0 Å². The maximum atomic E-state index is 10.3. The molecule has 1 unspecified atom stereocenters. The largest absolute Gasteiger partial charge is 0.491 e. The minimum Gasteiger partial charge on any atom is -0.491 e. The molecule has 0 bridgehead atoms. The van der Waals surface area contributed by atoms with Crippen LogP contribution in [0.4, 0.5) is 5.69 Å². The van der Waals surface area contributed by atoms with Gasteiger partial charge in [-0.15, -0.1) is 0 Å². The van der Waals surface area contributed by atoms with Crippen LogP contribution < -0.4 is 14.0 Å². The van der Waals surface area contributed by atoms with Gasteiger partial charge in [0.1, 0.15) is 25.0 Å². The van der Waals surface area contributed by atoms with E-state index in [4.69, 9.17) is 9.47 Å². The molecule has 22 heavy (non-hydrogen) atoms. The predicted octanol–water partition coefficient (Wildman–Crippen LogP) is 2.70. The number of quaternary nitrogens is 1. The lowest BCUT2D eigenvalue weighted by atomic mass is 10.2. The highest BCUT2D eigenvalue weighted by molar-refractivity contribution is 5.54. The Bertz CT molecular complexity index is 584. The Morgan fingerprint density at radius 1 is 1.00 bits per heavy atom. The molecule has 0 aliphatic carbocycles. The second-order valence-electron chi connectivity index (χ2n) is 5.82. The quantitative estimate of drug-likeness (QED) is 0.799. The first kappa shape index (κ1) is 16.3. The average Bonchev–Trinajstić information content (AvgIpc) is 2.53. The van der Waals surface area contributed by atoms with Crippen molar-refractivity contribution in [2.75, 3.05) is 34.4 Å². The molecule has 4 heteroatoms. The van der Waals surface area contributed by atoms with Crippen molar-refractivity contribution >= 4 is 5.69 Å². The normalized spacial score (nSPS) is 12.7. The van der Waals surface area contributed by atoms with Crippen LogP contribution in [0.5, 0.6) is 11.5 Å². The third-order valence-electron chi connectivity index (χ3n) is 3.59. The Labute approximate surface area is 132 Å². The summed E-state index contributed by atoms with van der Waals surface area (Å²) in [6.45, 7) is 0.800. The molecule has 0 radical (unpaired) electrons. The molecule has 0 aromatic heterocycles. The minimum atomic E-state index is -0.569. The fourth-order valence-electron chi connectivity index (χ4n) is 2.52. The number of aliphatic hydroxyl groups excluding tert-OH is 1. The van der Waals surface area contributed by atoms with E-state index in [0.717, 1.165) is 17.2 Å². The zero-order valence-electron chi connectivity index (χ0n) is 13.4. The summed E-state index contributed by atoms with van der Waals surface area (Å²) in [5.41, 5.74) is 1.03. The van der Waals surface area contributed by atoms with Crippen molar-refractivity contribution in [1.29, 1.82) is 0 Å². The van der Waals surface area contributed by atoms with Crippen LogP contribution in [0.25, 0.3) is 0 Å². The van der Waals surface area contributed by atoms with Crippen molar-refractivity contribution in [3.8, 4) is 11.5 Å². The number of benzene rings is 2. The molecule has 0 amide bonds. The van der Waals surface area contributed by atoms with Gasteiger partial charge in [0.2, 0.25) is 0 Å². The molecule has 0 heterocycles. The molecule has 0 aliphatic heterocycles. The standard InChI is InChI=1S/C18H24NO3/c1-19(2,17-11-7-8-12-18(17)21-3)13-15(20)14-22-16-9-5-4-6-10-16/h4-12,15,20H,13-14H2,1-3H3/q+1. The van der Waals surface area contributed by atoms with E-state index < -0.39 is 6.10 Å². The predicted molar refractivity (Wildman–Crippen MR) is 89.4 cm³/mol. The van der Waals surface area contributed by atoms with Crippen LogP contribution in [-0.2, 0) is 0 Å². The molecule has 0 spiro atoms. The molecule has 0 saturated carbocycles. The van der Waals surface area contributed by atoms with Crippen molar-refractivity contribution in [3.05, 3.63) is 54.6 Å². The van der Waals surface area contributed by atoms with E-state index in [9.17, 15) is 5.11 Å². The molecule has 0 fully saturated rings. The summed E-state index contributed by atoms with van der Waals surface area (Å²) in [6.07, 6.45) is -0.569. The SMILES string of the molecule is COc1ccccc1[N+](C)(C)CC(O)COc1ccccc1. The van der Waals surface area contributed by atoms with E-state index in [1.54, 1.807) is 7.11 Å². The number of nitrogens with zero attached hydrogens (tertiary/aromatic N) is 1. The Hall–Kier alpha value is -2.04. The van der Waals surface area contributed by atoms with Gasteiger partial charge in [-0.2, -0.15) is 0 Å². The Morgan fingerprint density at radius 2 is 1.64 bits per heavy atom. The van der Waals surface area contributed by atoms with Gasteiger partial charge in [0.25, 0.3) is 0 Å². The Morgan fingerprint density at radius 3 is 2.32 bits per heavy atom. The molecule has 0 saturated heterocycles. The highest BCUT2D eigenvalue weighted by Gasteiger charge is 2.27. The molecule has 1 N–H and O–H groups in total. The van der Waals surface area contributed by atoms with Crippen LogP contribution in [0.1, 0.15) is 0 Å². The van der Waals surface area contributed by atoms with Crippen LogP contribution in [0.15, 0.2) is 54.6 Å². The van der Waals surface area contributed by atoms with E-state index in [1.807, 2.05) is 68.7 Å². The maximum Gasteiger partial charge on any atom is 0.179 e. The number of rotatable bonds is 7. The molecule has 118 valence electrons. The third kappa shape index (κ3) is 4.23. The first-order valence-electron chi connectivity index (χ1n) is 7.35. The molecule has 0 aliphatic rings. The van der Waals surface area contributed by atoms with E-state index >= 15 is 0 Å². The molecule has 2 aromatic rings. The molecular weight excluding hydrogens is 278 g/mol. The zero-order valence-corrected chi connectivity index (χ0v) is 13.4. The summed E-state index contributed by atoms with van der Waals surface area (Å²) in [6, 6.07) is 17.4. The topological polar surface area (TPSA) is 38.7 Å². The van der Waals surface area contributed by atoms with Crippen LogP contribution in [0, 0.1) is 0 Å². The van der Waals surface area contributed by atoms with Crippen LogP contribution in [0.2, 0.25) is 0 Å². The van der Waals surface area contributed by atoms with Gasteiger partial charge >= 0.3 is 0 Å². The fraction of sp³-hybridized carbons (Fsp3) is 0.333. The number of hydrogen-bond acceptors (Lipinski definition) is 3. The van der Waals surface area contributed by atoms with Gasteiger partial charge in [-0.25, -0.2) is 0 Å². The van der Waals surface area contributed by atoms with Crippen molar-refractivity contribution in [1.82, 2.24) is 4.48 Å². The van der Waals surface area contributed by atoms with Crippen LogP contribution in [-0.4, -0.2) is 45.6 Å². The molecule has 4 nitrogen and oxygen atoms in total. The van der Waals surface area contributed by atoms with E-state index in [1.165, 1.54) is 0 Å². The first-order chi connectivity index (χ1) is 10.5. The molecule has 1 atom stereocenters.